The molecule has 11 heteroatoms. The van der Waals surface area contributed by atoms with Crippen LogP contribution in [0.2, 0.25) is 0 Å². The average Bonchev–Trinajstić information content (AvgIpc) is 2.75. The van der Waals surface area contributed by atoms with Crippen LogP contribution in [0.4, 0.5) is 15.8 Å². The topological polar surface area (TPSA) is 137 Å². The number of hydrogen-bond donors (Lipinski definition) is 2. The molecule has 172 valence electrons. The van der Waals surface area contributed by atoms with E-state index in [0.29, 0.717) is 22.5 Å². The number of halogens is 1. The number of benzene rings is 1. The molecule has 1 amide bonds. The lowest BCUT2D eigenvalue weighted by molar-refractivity contribution is -0.117. The molecule has 3 aromatic rings. The number of nitrogen functional groups attached to an aromatic ring is 1. The van der Waals surface area contributed by atoms with Gasteiger partial charge in [0.25, 0.3) is 5.56 Å². The third kappa shape index (κ3) is 5.50. The molecule has 0 atom stereocenters. The van der Waals surface area contributed by atoms with Gasteiger partial charge in [-0.3, -0.25) is 18.9 Å². The molecule has 0 aliphatic rings. The van der Waals surface area contributed by atoms with Gasteiger partial charge in [0.05, 0.1) is 17.9 Å². The van der Waals surface area contributed by atoms with Crippen LogP contribution in [0, 0.1) is 19.7 Å². The number of sulfonamides is 1. The van der Waals surface area contributed by atoms with Crippen LogP contribution in [0.5, 0.6) is 0 Å². The second kappa shape index (κ2) is 9.33. The molecule has 9 nitrogen and oxygen atoms in total. The summed E-state index contributed by atoms with van der Waals surface area (Å²) in [6, 6.07) is 9.44. The zero-order chi connectivity index (χ0) is 24.3. The highest BCUT2D eigenvalue weighted by Crippen LogP contribution is 2.21. The first kappa shape index (κ1) is 23.8. The lowest BCUT2D eigenvalue weighted by Crippen LogP contribution is -2.28. The summed E-state index contributed by atoms with van der Waals surface area (Å²) in [5.74, 6) is -1.27. The molecule has 3 rings (SSSR count). The van der Waals surface area contributed by atoms with Gasteiger partial charge in [0.2, 0.25) is 15.9 Å². The molecule has 0 aliphatic heterocycles. The van der Waals surface area contributed by atoms with E-state index in [-0.39, 0.29) is 23.6 Å². The minimum atomic E-state index is -3.97. The van der Waals surface area contributed by atoms with Crippen molar-refractivity contribution < 1.29 is 17.6 Å². The number of amides is 1. The average molecular weight is 472 g/mol. The molecule has 0 bridgehead atoms. The number of aromatic nitrogens is 2. The fraction of sp³-hybridized carbons (Fsp3) is 0.182. The summed E-state index contributed by atoms with van der Waals surface area (Å²) < 4.78 is 41.7. The number of nitrogens with zero attached hydrogens (tertiary/aromatic N) is 3. The van der Waals surface area contributed by atoms with E-state index < -0.39 is 33.1 Å². The summed E-state index contributed by atoms with van der Waals surface area (Å²) >= 11 is 0. The Hall–Kier alpha value is -3.86. The maximum Gasteiger partial charge on any atom is 0.280 e. The van der Waals surface area contributed by atoms with Gasteiger partial charge in [-0.25, -0.2) is 22.8 Å². The number of hydrogen-bond acceptors (Lipinski definition) is 6. The number of aliphatic imine (C=N–C) groups is 1. The second-order valence-corrected chi connectivity index (χ2v) is 9.11. The van der Waals surface area contributed by atoms with Crippen molar-refractivity contribution in [2.45, 2.75) is 26.0 Å². The Morgan fingerprint density at radius 1 is 1.21 bits per heavy atom. The molecule has 0 aliphatic carbocycles. The van der Waals surface area contributed by atoms with Crippen LogP contribution in [-0.2, 0) is 27.0 Å². The number of nitrogens with two attached hydrogens (primary N) is 1. The molecule has 0 fully saturated rings. The van der Waals surface area contributed by atoms with Crippen molar-refractivity contribution in [1.82, 2.24) is 9.55 Å². The van der Waals surface area contributed by atoms with Crippen LogP contribution in [0.1, 0.15) is 22.5 Å². The predicted molar refractivity (Wildman–Crippen MR) is 125 cm³/mol. The third-order valence-corrected chi connectivity index (χ3v) is 6.11. The summed E-state index contributed by atoms with van der Waals surface area (Å²) in [5, 5.41) is 0. The number of aryl methyl sites for hydroxylation is 2. The lowest BCUT2D eigenvalue weighted by atomic mass is 10.1. The van der Waals surface area contributed by atoms with E-state index in [4.69, 9.17) is 5.73 Å². The Balaban J connectivity index is 1.98. The smallest absolute Gasteiger partial charge is 0.280 e. The highest BCUT2D eigenvalue weighted by atomic mass is 32.2. The highest BCUT2D eigenvalue weighted by Gasteiger charge is 2.19. The number of pyridine rings is 2. The molecule has 33 heavy (non-hydrogen) atoms. The Bertz CT molecular complexity index is 1400. The van der Waals surface area contributed by atoms with Gasteiger partial charge in [-0.15, -0.1) is 0 Å². The van der Waals surface area contributed by atoms with E-state index in [9.17, 15) is 22.4 Å². The summed E-state index contributed by atoms with van der Waals surface area (Å²) in [6.07, 6.45) is -0.0378. The van der Waals surface area contributed by atoms with Gasteiger partial charge in [0.1, 0.15) is 11.5 Å². The summed E-state index contributed by atoms with van der Waals surface area (Å²) in [5.41, 5.74) is 7.21. The second-order valence-electron chi connectivity index (χ2n) is 7.39. The highest BCUT2D eigenvalue weighted by molar-refractivity contribution is 7.91. The number of rotatable bonds is 7. The Kier molecular flexibility index (Phi) is 6.73. The van der Waals surface area contributed by atoms with E-state index in [1.54, 1.807) is 19.9 Å². The van der Waals surface area contributed by atoms with Crippen molar-refractivity contribution in [2.24, 2.45) is 4.99 Å². The van der Waals surface area contributed by atoms with Gasteiger partial charge in [-0.05, 0) is 62.0 Å². The van der Waals surface area contributed by atoms with Crippen LogP contribution in [0.25, 0.3) is 5.82 Å². The van der Waals surface area contributed by atoms with Crippen molar-refractivity contribution in [3.05, 3.63) is 81.2 Å². The van der Waals surface area contributed by atoms with Crippen molar-refractivity contribution in [3.8, 4) is 5.82 Å². The Morgan fingerprint density at radius 3 is 2.52 bits per heavy atom. The molecule has 0 unspecified atom stereocenters. The normalized spacial score (nSPS) is 11.2. The zero-order valence-corrected chi connectivity index (χ0v) is 18.8. The van der Waals surface area contributed by atoms with Crippen LogP contribution < -0.4 is 16.0 Å². The number of anilines is 2. The molecule has 2 heterocycles. The van der Waals surface area contributed by atoms with Gasteiger partial charge in [0, 0.05) is 11.4 Å². The standard InChI is InChI=1S/C22H22FN5O4S/c1-13-4-9-19(27-33(31,32)12-15-5-7-17(23)8-6-15)22(30)28(13)21-18(24)10-16(14(2)26-21)11-20(29)25-3/h4-10,27H,3,11-12,24H2,1-2H3. The van der Waals surface area contributed by atoms with Crippen molar-refractivity contribution in [1.29, 1.82) is 0 Å². The van der Waals surface area contributed by atoms with Crippen LogP contribution >= 0.6 is 0 Å². The number of carbonyl (C=O) groups is 1. The minimum Gasteiger partial charge on any atom is -0.396 e. The third-order valence-electron chi connectivity index (χ3n) is 4.87. The van der Waals surface area contributed by atoms with Crippen LogP contribution in [-0.4, -0.2) is 30.6 Å². The number of carbonyl (C=O) groups excluding carboxylic acids is 1. The molecular formula is C22H22FN5O4S. The van der Waals surface area contributed by atoms with E-state index in [0.717, 1.165) is 12.1 Å². The molecular weight excluding hydrogens is 449 g/mol. The summed E-state index contributed by atoms with van der Waals surface area (Å²) in [4.78, 5) is 32.5. The molecule has 3 N–H and O–H groups in total. The molecule has 0 radical (unpaired) electrons. The van der Waals surface area contributed by atoms with Crippen molar-refractivity contribution >= 4 is 34.0 Å². The van der Waals surface area contributed by atoms with Gasteiger partial charge in [-0.1, -0.05) is 12.1 Å². The lowest BCUT2D eigenvalue weighted by Gasteiger charge is -2.16. The van der Waals surface area contributed by atoms with Crippen LogP contribution in [0.3, 0.4) is 0 Å². The summed E-state index contributed by atoms with van der Waals surface area (Å²) in [6.45, 7) is 6.50. The van der Waals surface area contributed by atoms with Gasteiger partial charge in [0.15, 0.2) is 5.82 Å². The van der Waals surface area contributed by atoms with E-state index in [1.807, 2.05) is 0 Å². The first-order valence-corrected chi connectivity index (χ1v) is 11.4. The van der Waals surface area contributed by atoms with Crippen molar-refractivity contribution in [2.75, 3.05) is 10.5 Å². The largest absolute Gasteiger partial charge is 0.396 e. The Labute approximate surface area is 189 Å². The van der Waals surface area contributed by atoms with E-state index in [2.05, 4.69) is 21.4 Å². The summed E-state index contributed by atoms with van der Waals surface area (Å²) in [7, 11) is -3.97. The molecule has 0 spiro atoms. The van der Waals surface area contributed by atoms with Crippen LogP contribution in [0.15, 0.2) is 52.3 Å². The minimum absolute atomic E-state index is 0.0378. The molecule has 0 saturated carbocycles. The Morgan fingerprint density at radius 2 is 1.88 bits per heavy atom. The predicted octanol–water partition coefficient (Wildman–Crippen LogP) is 2.28. The molecule has 0 saturated heterocycles. The zero-order valence-electron chi connectivity index (χ0n) is 18.0. The first-order valence-electron chi connectivity index (χ1n) is 9.74. The molecule has 1 aromatic carbocycles. The molecule has 2 aromatic heterocycles. The maximum absolute atomic E-state index is 13.2. The van der Waals surface area contributed by atoms with Crippen molar-refractivity contribution in [3.63, 3.8) is 0 Å². The van der Waals surface area contributed by atoms with Gasteiger partial charge < -0.3 is 5.73 Å². The fourth-order valence-electron chi connectivity index (χ4n) is 3.20. The van der Waals surface area contributed by atoms with E-state index >= 15 is 0 Å². The first-order chi connectivity index (χ1) is 15.5. The SMILES string of the molecule is C=NC(=O)Cc1cc(N)c(-n2c(C)ccc(NS(=O)(=O)Cc3ccc(F)cc3)c2=O)nc1C. The van der Waals surface area contributed by atoms with E-state index in [1.165, 1.54) is 28.8 Å². The fourth-order valence-corrected chi connectivity index (χ4v) is 4.40. The monoisotopic (exact) mass is 471 g/mol. The van der Waals surface area contributed by atoms with Gasteiger partial charge in [-0.2, -0.15) is 0 Å². The quantitative estimate of drug-likeness (QED) is 0.507. The number of nitrogens with one attached hydrogen (secondary N) is 1. The maximum atomic E-state index is 13.2. The van der Waals surface area contributed by atoms with Gasteiger partial charge >= 0.3 is 0 Å².